The molecule has 1 saturated heterocycles. The second kappa shape index (κ2) is 4.17. The summed E-state index contributed by atoms with van der Waals surface area (Å²) in [7, 11) is 1.40. The van der Waals surface area contributed by atoms with Gasteiger partial charge in [-0.2, -0.15) is 0 Å². The first-order chi connectivity index (χ1) is 8.00. The lowest BCUT2D eigenvalue weighted by atomic mass is 10.2. The van der Waals surface area contributed by atoms with Crippen molar-refractivity contribution in [3.8, 4) is 0 Å². The van der Waals surface area contributed by atoms with Gasteiger partial charge >= 0.3 is 0 Å². The van der Waals surface area contributed by atoms with Crippen molar-refractivity contribution in [2.75, 3.05) is 12.4 Å². The summed E-state index contributed by atoms with van der Waals surface area (Å²) in [5, 5.41) is 2.55. The minimum absolute atomic E-state index is 0.0279. The van der Waals surface area contributed by atoms with E-state index in [2.05, 4.69) is 15.3 Å². The molecule has 0 saturated carbocycles. The number of nitrogens with one attached hydrogen (secondary N) is 2. The highest BCUT2D eigenvalue weighted by atomic mass is 35.5. The van der Waals surface area contributed by atoms with Crippen LogP contribution in [-0.2, 0) is 9.59 Å². The molecule has 1 fully saturated rings. The monoisotopic (exact) mass is 256 g/mol. The summed E-state index contributed by atoms with van der Waals surface area (Å²) in [4.78, 5) is 41.2. The number of rotatable bonds is 2. The Bertz CT molecular complexity index is 541. The van der Waals surface area contributed by atoms with Crippen LogP contribution in [0.15, 0.2) is 11.1 Å². The molecule has 8 heteroatoms. The summed E-state index contributed by atoms with van der Waals surface area (Å²) in [6.07, 6.45) is 1.20. The van der Waals surface area contributed by atoms with Crippen LogP contribution in [0.4, 0.5) is 5.82 Å². The van der Waals surface area contributed by atoms with Gasteiger partial charge < -0.3 is 10.3 Å². The van der Waals surface area contributed by atoms with Gasteiger partial charge in [0, 0.05) is 7.05 Å². The molecule has 1 aliphatic heterocycles. The first kappa shape index (κ1) is 11.6. The summed E-state index contributed by atoms with van der Waals surface area (Å²) >= 11 is 5.71. The minimum Gasteiger partial charge on any atom is -0.356 e. The zero-order valence-electron chi connectivity index (χ0n) is 8.86. The molecule has 1 aromatic rings. The molecule has 2 N–H and O–H groups in total. The van der Waals surface area contributed by atoms with Gasteiger partial charge in [-0.1, -0.05) is 11.6 Å². The highest BCUT2D eigenvalue weighted by Crippen LogP contribution is 2.19. The zero-order chi connectivity index (χ0) is 12.6. The second-order valence-corrected chi connectivity index (χ2v) is 3.96. The van der Waals surface area contributed by atoms with Crippen LogP contribution in [0, 0.1) is 0 Å². The number of halogens is 1. The first-order valence-corrected chi connectivity index (χ1v) is 5.18. The summed E-state index contributed by atoms with van der Waals surface area (Å²) in [6.45, 7) is 0. The van der Waals surface area contributed by atoms with Gasteiger partial charge in [-0.3, -0.25) is 19.3 Å². The van der Waals surface area contributed by atoms with Gasteiger partial charge in [-0.15, -0.1) is 0 Å². The number of hydrogen-bond acceptors (Lipinski definition) is 5. The number of H-pyrrole nitrogens is 1. The van der Waals surface area contributed by atoms with E-state index in [0.717, 1.165) is 4.90 Å². The van der Waals surface area contributed by atoms with Crippen LogP contribution in [0.5, 0.6) is 0 Å². The van der Waals surface area contributed by atoms with Gasteiger partial charge in [0.25, 0.3) is 11.5 Å². The summed E-state index contributed by atoms with van der Waals surface area (Å²) in [5.41, 5.74) is -0.505. The summed E-state index contributed by atoms with van der Waals surface area (Å²) in [5.74, 6) is -0.557. The maximum atomic E-state index is 11.6. The molecule has 0 bridgehead atoms. The second-order valence-electron chi connectivity index (χ2n) is 3.59. The normalized spacial score (nSPS) is 19.9. The third-order valence-corrected chi connectivity index (χ3v) is 2.84. The average Bonchev–Trinajstić information content (AvgIpc) is 2.53. The van der Waals surface area contributed by atoms with Crippen molar-refractivity contribution in [1.82, 2.24) is 14.9 Å². The number of aromatic nitrogens is 2. The van der Waals surface area contributed by atoms with Crippen molar-refractivity contribution in [3.05, 3.63) is 21.7 Å². The number of likely N-dealkylation sites (tertiary alicyclic amines) is 1. The topological polar surface area (TPSA) is 95.2 Å². The molecule has 1 atom stereocenters. The Morgan fingerprint density at radius 2 is 2.24 bits per heavy atom. The van der Waals surface area contributed by atoms with Gasteiger partial charge in [-0.25, -0.2) is 4.98 Å². The van der Waals surface area contributed by atoms with Crippen molar-refractivity contribution < 1.29 is 9.59 Å². The number of imide groups is 1. The molecule has 2 rings (SSSR count). The number of anilines is 1. The van der Waals surface area contributed by atoms with Crippen molar-refractivity contribution in [2.45, 2.75) is 12.5 Å². The Kier molecular flexibility index (Phi) is 2.84. The Morgan fingerprint density at radius 1 is 1.53 bits per heavy atom. The molecule has 17 heavy (non-hydrogen) atoms. The Hall–Kier alpha value is -1.89. The molecule has 2 heterocycles. The minimum atomic E-state index is -0.723. The molecule has 1 aliphatic rings. The molecular formula is C9H9ClN4O3. The largest absolute Gasteiger partial charge is 0.356 e. The predicted octanol–water partition coefficient (Wildman–Crippen LogP) is -0.408. The number of carbonyl (C=O) groups excluding carboxylic acids is 2. The van der Waals surface area contributed by atoms with Crippen molar-refractivity contribution in [1.29, 1.82) is 0 Å². The van der Waals surface area contributed by atoms with Gasteiger partial charge in [-0.05, 0) is 0 Å². The van der Waals surface area contributed by atoms with Crippen LogP contribution in [0.2, 0.25) is 5.02 Å². The van der Waals surface area contributed by atoms with E-state index >= 15 is 0 Å². The SMILES string of the molecule is CN1C(=O)CC(Nc2nc[nH]c(=O)c2Cl)C1=O. The van der Waals surface area contributed by atoms with Crippen LogP contribution in [0.1, 0.15) is 6.42 Å². The zero-order valence-corrected chi connectivity index (χ0v) is 9.61. The van der Waals surface area contributed by atoms with Crippen LogP contribution in [-0.4, -0.2) is 39.8 Å². The number of aromatic amines is 1. The molecule has 1 aromatic heterocycles. The Balaban J connectivity index is 2.23. The third kappa shape index (κ3) is 2.01. The van der Waals surface area contributed by atoms with E-state index in [9.17, 15) is 14.4 Å². The molecule has 0 spiro atoms. The molecule has 0 radical (unpaired) electrons. The van der Waals surface area contributed by atoms with E-state index in [4.69, 9.17) is 11.6 Å². The van der Waals surface area contributed by atoms with Gasteiger partial charge in [0.2, 0.25) is 5.91 Å². The third-order valence-electron chi connectivity index (χ3n) is 2.49. The molecule has 1 unspecified atom stereocenters. The molecule has 7 nitrogen and oxygen atoms in total. The van der Waals surface area contributed by atoms with E-state index in [1.807, 2.05) is 0 Å². The van der Waals surface area contributed by atoms with E-state index in [1.54, 1.807) is 0 Å². The average molecular weight is 257 g/mol. The smallest absolute Gasteiger partial charge is 0.271 e. The Labute approximate surface area is 101 Å². The quantitative estimate of drug-likeness (QED) is 0.702. The fraction of sp³-hybridized carbons (Fsp3) is 0.333. The highest BCUT2D eigenvalue weighted by Gasteiger charge is 2.36. The summed E-state index contributed by atoms with van der Waals surface area (Å²) < 4.78 is 0. The standard InChI is InChI=1S/C9H9ClN4O3/c1-14-5(15)2-4(9(14)17)13-7-6(10)8(16)12-3-11-7/h3-4H,2H2,1H3,(H2,11,12,13,16). The maximum absolute atomic E-state index is 11.6. The highest BCUT2D eigenvalue weighted by molar-refractivity contribution is 6.32. The van der Waals surface area contributed by atoms with Crippen molar-refractivity contribution in [3.63, 3.8) is 0 Å². The van der Waals surface area contributed by atoms with Gasteiger partial charge in [0.15, 0.2) is 5.82 Å². The lowest BCUT2D eigenvalue weighted by molar-refractivity contribution is -0.136. The fourth-order valence-electron chi connectivity index (χ4n) is 1.52. The van der Waals surface area contributed by atoms with Crippen LogP contribution in [0.25, 0.3) is 0 Å². The van der Waals surface area contributed by atoms with Gasteiger partial charge in [0.1, 0.15) is 11.1 Å². The van der Waals surface area contributed by atoms with Gasteiger partial charge in [0.05, 0.1) is 12.7 Å². The van der Waals surface area contributed by atoms with Crippen LogP contribution < -0.4 is 10.9 Å². The fourth-order valence-corrected chi connectivity index (χ4v) is 1.67. The lowest BCUT2D eigenvalue weighted by Crippen LogP contribution is -2.32. The molecule has 90 valence electrons. The van der Waals surface area contributed by atoms with Crippen molar-refractivity contribution >= 4 is 29.2 Å². The number of likely N-dealkylation sites (N-methyl/N-ethyl adjacent to an activating group) is 1. The van der Waals surface area contributed by atoms with E-state index in [1.165, 1.54) is 13.4 Å². The van der Waals surface area contributed by atoms with Crippen molar-refractivity contribution in [2.24, 2.45) is 0 Å². The predicted molar refractivity (Wildman–Crippen MR) is 59.7 cm³/mol. The van der Waals surface area contributed by atoms with E-state index in [0.29, 0.717) is 0 Å². The Morgan fingerprint density at radius 3 is 2.82 bits per heavy atom. The van der Waals surface area contributed by atoms with Crippen LogP contribution >= 0.6 is 11.6 Å². The summed E-state index contributed by atoms with van der Waals surface area (Å²) in [6, 6.07) is -0.723. The van der Waals surface area contributed by atoms with E-state index in [-0.39, 0.29) is 29.1 Å². The number of carbonyl (C=O) groups is 2. The number of amides is 2. The van der Waals surface area contributed by atoms with Crippen LogP contribution in [0.3, 0.4) is 0 Å². The first-order valence-electron chi connectivity index (χ1n) is 4.81. The number of nitrogens with zero attached hydrogens (tertiary/aromatic N) is 2. The molecule has 0 aromatic carbocycles. The van der Waals surface area contributed by atoms with E-state index < -0.39 is 11.6 Å². The number of hydrogen-bond donors (Lipinski definition) is 2. The molecule has 2 amide bonds. The maximum Gasteiger partial charge on any atom is 0.271 e. The molecular weight excluding hydrogens is 248 g/mol. The molecule has 0 aliphatic carbocycles. The lowest BCUT2D eigenvalue weighted by Gasteiger charge is -2.11.